The molecule has 0 heterocycles. The molecular formula is C16H17ClN2O5. The van der Waals surface area contributed by atoms with Crippen LogP contribution in [-0.2, 0) is 6.54 Å². The van der Waals surface area contributed by atoms with Gasteiger partial charge in [-0.15, -0.1) is 0 Å². The van der Waals surface area contributed by atoms with E-state index in [2.05, 4.69) is 5.32 Å². The maximum atomic E-state index is 10.7. The summed E-state index contributed by atoms with van der Waals surface area (Å²) in [6, 6.07) is 7.89. The number of nitro groups is 1. The van der Waals surface area contributed by atoms with Gasteiger partial charge in [-0.25, -0.2) is 0 Å². The van der Waals surface area contributed by atoms with E-state index in [0.29, 0.717) is 29.5 Å². The molecule has 0 unspecified atom stereocenters. The number of anilines is 1. The number of nitro benzene ring substituents is 1. The standard InChI is InChI=1S/C16H17ClN2O5/c1-22-14-6-10(7-15(23-2)16(14)24-3)9-18-13-5-4-11(19(20)21)8-12(13)17/h4-8,18H,9H2,1-3H3. The summed E-state index contributed by atoms with van der Waals surface area (Å²) in [5, 5.41) is 14.1. The van der Waals surface area contributed by atoms with Crippen LogP contribution in [0.4, 0.5) is 11.4 Å². The Hall–Kier alpha value is -2.67. The summed E-state index contributed by atoms with van der Waals surface area (Å²) in [5.41, 5.74) is 1.41. The molecule has 0 aliphatic carbocycles. The van der Waals surface area contributed by atoms with E-state index < -0.39 is 4.92 Å². The Balaban J connectivity index is 2.21. The second kappa shape index (κ2) is 7.74. The van der Waals surface area contributed by atoms with Crippen molar-refractivity contribution in [2.75, 3.05) is 26.6 Å². The van der Waals surface area contributed by atoms with Crippen LogP contribution in [0.1, 0.15) is 5.56 Å². The lowest BCUT2D eigenvalue weighted by molar-refractivity contribution is -0.384. The molecular weight excluding hydrogens is 336 g/mol. The van der Waals surface area contributed by atoms with E-state index in [4.69, 9.17) is 25.8 Å². The summed E-state index contributed by atoms with van der Waals surface area (Å²) < 4.78 is 15.9. The third-order valence-electron chi connectivity index (χ3n) is 3.37. The van der Waals surface area contributed by atoms with Crippen LogP contribution in [0.3, 0.4) is 0 Å². The van der Waals surface area contributed by atoms with Gasteiger partial charge in [-0.1, -0.05) is 11.6 Å². The first-order chi connectivity index (χ1) is 11.5. The first kappa shape index (κ1) is 17.7. The largest absolute Gasteiger partial charge is 0.493 e. The fourth-order valence-corrected chi connectivity index (χ4v) is 2.44. The number of nitrogens with zero attached hydrogens (tertiary/aromatic N) is 1. The van der Waals surface area contributed by atoms with Gasteiger partial charge in [-0.3, -0.25) is 10.1 Å². The molecule has 8 heteroatoms. The lowest BCUT2D eigenvalue weighted by Gasteiger charge is -2.15. The number of hydrogen-bond donors (Lipinski definition) is 1. The molecule has 0 aliphatic rings. The molecule has 128 valence electrons. The first-order valence-electron chi connectivity index (χ1n) is 6.96. The van der Waals surface area contributed by atoms with Crippen LogP contribution >= 0.6 is 11.6 Å². The fraction of sp³-hybridized carbons (Fsp3) is 0.250. The minimum Gasteiger partial charge on any atom is -0.493 e. The highest BCUT2D eigenvalue weighted by Gasteiger charge is 2.14. The summed E-state index contributed by atoms with van der Waals surface area (Å²) >= 11 is 6.07. The molecule has 24 heavy (non-hydrogen) atoms. The number of ether oxygens (including phenoxy) is 3. The maximum Gasteiger partial charge on any atom is 0.271 e. The summed E-state index contributed by atoms with van der Waals surface area (Å²) in [6.07, 6.45) is 0. The van der Waals surface area contributed by atoms with Gasteiger partial charge in [0.1, 0.15) is 0 Å². The van der Waals surface area contributed by atoms with Crippen molar-refractivity contribution in [3.63, 3.8) is 0 Å². The average Bonchev–Trinajstić information content (AvgIpc) is 2.59. The van der Waals surface area contributed by atoms with Crippen LogP contribution in [0.5, 0.6) is 17.2 Å². The summed E-state index contributed by atoms with van der Waals surface area (Å²) in [4.78, 5) is 10.2. The molecule has 0 atom stereocenters. The Morgan fingerprint density at radius 1 is 1.08 bits per heavy atom. The third kappa shape index (κ3) is 3.80. The normalized spacial score (nSPS) is 10.2. The summed E-state index contributed by atoms with van der Waals surface area (Å²) in [7, 11) is 4.62. The minimum atomic E-state index is -0.491. The van der Waals surface area contributed by atoms with Crippen LogP contribution in [0.2, 0.25) is 5.02 Å². The van der Waals surface area contributed by atoms with Gasteiger partial charge in [0, 0.05) is 18.7 Å². The predicted molar refractivity (Wildman–Crippen MR) is 91.5 cm³/mol. The molecule has 7 nitrogen and oxygen atoms in total. The zero-order chi connectivity index (χ0) is 17.7. The zero-order valence-corrected chi connectivity index (χ0v) is 14.2. The van der Waals surface area contributed by atoms with E-state index in [1.807, 2.05) is 12.1 Å². The number of hydrogen-bond acceptors (Lipinski definition) is 6. The number of benzene rings is 2. The van der Waals surface area contributed by atoms with Crippen molar-refractivity contribution in [1.29, 1.82) is 0 Å². The second-order valence-electron chi connectivity index (χ2n) is 4.81. The van der Waals surface area contributed by atoms with Crippen molar-refractivity contribution in [2.45, 2.75) is 6.54 Å². The highest BCUT2D eigenvalue weighted by molar-refractivity contribution is 6.33. The van der Waals surface area contributed by atoms with Crippen LogP contribution in [0.15, 0.2) is 30.3 Å². The van der Waals surface area contributed by atoms with E-state index >= 15 is 0 Å². The molecule has 2 aromatic rings. The minimum absolute atomic E-state index is 0.0571. The second-order valence-corrected chi connectivity index (χ2v) is 5.22. The number of non-ortho nitro benzene ring substituents is 1. The smallest absolute Gasteiger partial charge is 0.271 e. The molecule has 0 fully saturated rings. The molecule has 0 aromatic heterocycles. The SMILES string of the molecule is COc1cc(CNc2ccc([N+](=O)[O-])cc2Cl)cc(OC)c1OC. The molecule has 1 N–H and O–H groups in total. The molecule has 0 radical (unpaired) electrons. The molecule has 0 amide bonds. The van der Waals surface area contributed by atoms with E-state index in [9.17, 15) is 10.1 Å². The third-order valence-corrected chi connectivity index (χ3v) is 3.68. The van der Waals surface area contributed by atoms with Crippen molar-refractivity contribution in [2.24, 2.45) is 0 Å². The maximum absolute atomic E-state index is 10.7. The Kier molecular flexibility index (Phi) is 5.70. The zero-order valence-electron chi connectivity index (χ0n) is 13.5. The van der Waals surface area contributed by atoms with Gasteiger partial charge in [-0.2, -0.15) is 0 Å². The Morgan fingerprint density at radius 3 is 2.17 bits per heavy atom. The van der Waals surface area contributed by atoms with Gasteiger partial charge in [0.15, 0.2) is 11.5 Å². The van der Waals surface area contributed by atoms with Gasteiger partial charge in [0.05, 0.1) is 37.0 Å². The van der Waals surface area contributed by atoms with Crippen molar-refractivity contribution < 1.29 is 19.1 Å². The highest BCUT2D eigenvalue weighted by atomic mass is 35.5. The monoisotopic (exact) mass is 352 g/mol. The van der Waals surface area contributed by atoms with Crippen molar-refractivity contribution in [3.05, 3.63) is 51.0 Å². The summed E-state index contributed by atoms with van der Waals surface area (Å²) in [5.74, 6) is 1.60. The predicted octanol–water partition coefficient (Wildman–Crippen LogP) is 3.89. The first-order valence-corrected chi connectivity index (χ1v) is 7.34. The number of methoxy groups -OCH3 is 3. The van der Waals surface area contributed by atoms with Crippen LogP contribution in [0, 0.1) is 10.1 Å². The summed E-state index contributed by atoms with van der Waals surface area (Å²) in [6.45, 7) is 0.425. The van der Waals surface area contributed by atoms with Gasteiger partial charge >= 0.3 is 0 Å². The van der Waals surface area contributed by atoms with Crippen molar-refractivity contribution in [3.8, 4) is 17.2 Å². The lowest BCUT2D eigenvalue weighted by Crippen LogP contribution is -2.03. The quantitative estimate of drug-likeness (QED) is 0.601. The molecule has 0 saturated carbocycles. The highest BCUT2D eigenvalue weighted by Crippen LogP contribution is 2.38. The number of nitrogens with one attached hydrogen (secondary N) is 1. The van der Waals surface area contributed by atoms with E-state index in [1.165, 1.54) is 19.2 Å². The Morgan fingerprint density at radius 2 is 1.71 bits per heavy atom. The molecule has 0 saturated heterocycles. The van der Waals surface area contributed by atoms with Gasteiger partial charge in [-0.05, 0) is 23.8 Å². The van der Waals surface area contributed by atoms with Crippen LogP contribution < -0.4 is 19.5 Å². The van der Waals surface area contributed by atoms with Crippen molar-refractivity contribution in [1.82, 2.24) is 0 Å². The van der Waals surface area contributed by atoms with Crippen LogP contribution in [-0.4, -0.2) is 26.3 Å². The number of halogens is 1. The van der Waals surface area contributed by atoms with E-state index in [1.54, 1.807) is 20.3 Å². The van der Waals surface area contributed by atoms with Crippen LogP contribution in [0.25, 0.3) is 0 Å². The molecule has 2 rings (SSSR count). The van der Waals surface area contributed by atoms with Crippen molar-refractivity contribution >= 4 is 23.0 Å². The molecule has 2 aromatic carbocycles. The lowest BCUT2D eigenvalue weighted by atomic mass is 10.1. The van der Waals surface area contributed by atoms with Gasteiger partial charge in [0.2, 0.25) is 5.75 Å². The topological polar surface area (TPSA) is 82.9 Å². The molecule has 0 aliphatic heterocycles. The molecule has 0 spiro atoms. The van der Waals surface area contributed by atoms with E-state index in [0.717, 1.165) is 5.56 Å². The van der Waals surface area contributed by atoms with Gasteiger partial charge < -0.3 is 19.5 Å². The Labute approximate surface area is 144 Å². The Bertz CT molecular complexity index is 726. The van der Waals surface area contributed by atoms with E-state index in [-0.39, 0.29) is 10.7 Å². The number of rotatable bonds is 7. The van der Waals surface area contributed by atoms with Gasteiger partial charge in [0.25, 0.3) is 5.69 Å². The molecule has 0 bridgehead atoms. The fourth-order valence-electron chi connectivity index (χ4n) is 2.20. The average molecular weight is 353 g/mol.